The first-order valence-electron chi connectivity index (χ1n) is 6.02. The predicted octanol–water partition coefficient (Wildman–Crippen LogP) is 2.25. The third-order valence-corrected chi connectivity index (χ3v) is 5.47. The average Bonchev–Trinajstić information content (AvgIpc) is 2.79. The van der Waals surface area contributed by atoms with Crippen molar-refractivity contribution in [1.29, 1.82) is 0 Å². The summed E-state index contributed by atoms with van der Waals surface area (Å²) in [5.74, 6) is 0. The Hall–Kier alpha value is -1.44. The number of aryl methyl sites for hydroxylation is 1. The zero-order chi connectivity index (χ0) is 15.0. The van der Waals surface area contributed by atoms with Gasteiger partial charge in [-0.15, -0.1) is 11.3 Å². The van der Waals surface area contributed by atoms with Crippen LogP contribution in [0.5, 0.6) is 0 Å². The molecule has 0 fully saturated rings. The Bertz CT molecular complexity index is 687. The molecule has 7 heteroatoms. The van der Waals surface area contributed by atoms with Crippen LogP contribution in [-0.4, -0.2) is 13.4 Å². The van der Waals surface area contributed by atoms with E-state index < -0.39 is 15.6 Å². The van der Waals surface area contributed by atoms with Gasteiger partial charge < -0.3 is 5.73 Å². The Labute approximate surface area is 122 Å². The summed E-state index contributed by atoms with van der Waals surface area (Å²) in [6.07, 6.45) is 1.65. The van der Waals surface area contributed by atoms with Gasteiger partial charge in [0.05, 0.1) is 10.4 Å². The van der Waals surface area contributed by atoms with Crippen molar-refractivity contribution >= 4 is 27.0 Å². The van der Waals surface area contributed by atoms with Crippen LogP contribution in [-0.2, 0) is 15.6 Å². The van der Waals surface area contributed by atoms with Gasteiger partial charge in [0.25, 0.3) is 0 Å². The molecule has 108 valence electrons. The van der Waals surface area contributed by atoms with Crippen molar-refractivity contribution < 1.29 is 8.42 Å². The summed E-state index contributed by atoms with van der Waals surface area (Å²) in [4.78, 5) is 4.33. The minimum atomic E-state index is -3.65. The maximum Gasteiger partial charge on any atom is 0.241 e. The van der Waals surface area contributed by atoms with E-state index >= 15 is 0 Å². The minimum Gasteiger partial charge on any atom is -0.399 e. The summed E-state index contributed by atoms with van der Waals surface area (Å²) in [5, 5.41) is 2.53. The van der Waals surface area contributed by atoms with Crippen LogP contribution in [0.1, 0.15) is 24.4 Å². The van der Waals surface area contributed by atoms with Crippen LogP contribution in [0.2, 0.25) is 0 Å². The molecule has 0 aliphatic heterocycles. The molecule has 0 atom stereocenters. The molecule has 0 unspecified atom stereocenters. The highest BCUT2D eigenvalue weighted by atomic mass is 32.2. The van der Waals surface area contributed by atoms with E-state index in [9.17, 15) is 8.42 Å². The number of benzene rings is 1. The number of sulfonamides is 1. The Kier molecular flexibility index (Phi) is 3.86. The lowest BCUT2D eigenvalue weighted by molar-refractivity contribution is 0.470. The van der Waals surface area contributed by atoms with Gasteiger partial charge in [0.1, 0.15) is 5.01 Å². The quantitative estimate of drug-likeness (QED) is 0.848. The van der Waals surface area contributed by atoms with E-state index in [1.54, 1.807) is 39.1 Å². The van der Waals surface area contributed by atoms with Crippen molar-refractivity contribution in [2.75, 3.05) is 5.73 Å². The summed E-state index contributed by atoms with van der Waals surface area (Å²) in [5.41, 5.74) is 6.17. The summed E-state index contributed by atoms with van der Waals surface area (Å²) in [6.45, 7) is 5.37. The number of anilines is 1. The van der Waals surface area contributed by atoms with Crippen molar-refractivity contribution in [1.82, 2.24) is 9.71 Å². The molecule has 0 amide bonds. The van der Waals surface area contributed by atoms with E-state index in [-0.39, 0.29) is 4.90 Å². The second kappa shape index (κ2) is 5.16. The van der Waals surface area contributed by atoms with Crippen LogP contribution in [0.4, 0.5) is 5.69 Å². The molecule has 2 rings (SSSR count). The molecule has 0 radical (unpaired) electrons. The van der Waals surface area contributed by atoms with E-state index in [4.69, 9.17) is 5.73 Å². The lowest BCUT2D eigenvalue weighted by Crippen LogP contribution is -2.40. The summed E-state index contributed by atoms with van der Waals surface area (Å²) in [7, 11) is -3.65. The number of thiazole rings is 1. The molecular weight excluding hydrogens is 294 g/mol. The summed E-state index contributed by atoms with van der Waals surface area (Å²) < 4.78 is 27.6. The van der Waals surface area contributed by atoms with Crippen LogP contribution in [0.15, 0.2) is 34.7 Å². The second-order valence-electron chi connectivity index (χ2n) is 5.15. The Morgan fingerprint density at radius 2 is 2.00 bits per heavy atom. The average molecular weight is 311 g/mol. The maximum absolute atomic E-state index is 12.5. The molecule has 1 aromatic carbocycles. The highest BCUT2D eigenvalue weighted by Gasteiger charge is 2.30. The highest BCUT2D eigenvalue weighted by molar-refractivity contribution is 7.89. The van der Waals surface area contributed by atoms with Crippen LogP contribution in [0.25, 0.3) is 0 Å². The lowest BCUT2D eigenvalue weighted by atomic mass is 10.1. The van der Waals surface area contributed by atoms with E-state index in [0.29, 0.717) is 10.7 Å². The van der Waals surface area contributed by atoms with Gasteiger partial charge in [0.2, 0.25) is 10.0 Å². The number of nitrogens with one attached hydrogen (secondary N) is 1. The molecule has 0 aliphatic carbocycles. The fourth-order valence-corrected chi connectivity index (χ4v) is 4.20. The smallest absolute Gasteiger partial charge is 0.241 e. The number of nitrogens with two attached hydrogens (primary N) is 1. The first-order valence-corrected chi connectivity index (χ1v) is 8.38. The fourth-order valence-electron chi connectivity index (χ4n) is 1.90. The van der Waals surface area contributed by atoms with Crippen molar-refractivity contribution in [3.05, 3.63) is 40.3 Å². The molecule has 2 aromatic rings. The van der Waals surface area contributed by atoms with Crippen molar-refractivity contribution in [3.63, 3.8) is 0 Å². The first-order chi connectivity index (χ1) is 9.21. The van der Waals surface area contributed by atoms with Gasteiger partial charge >= 0.3 is 0 Å². The molecule has 0 aliphatic rings. The van der Waals surface area contributed by atoms with Gasteiger partial charge in [0, 0.05) is 17.3 Å². The zero-order valence-electron chi connectivity index (χ0n) is 11.5. The van der Waals surface area contributed by atoms with E-state index in [1.165, 1.54) is 17.4 Å². The molecule has 0 saturated heterocycles. The molecular formula is C13H17N3O2S2. The van der Waals surface area contributed by atoms with Crippen LogP contribution in [0, 0.1) is 6.92 Å². The van der Waals surface area contributed by atoms with E-state index in [1.807, 2.05) is 5.38 Å². The Morgan fingerprint density at radius 1 is 1.30 bits per heavy atom. The first kappa shape index (κ1) is 15.0. The second-order valence-corrected chi connectivity index (χ2v) is 7.72. The summed E-state index contributed by atoms with van der Waals surface area (Å²) >= 11 is 1.41. The van der Waals surface area contributed by atoms with Gasteiger partial charge in [-0.25, -0.2) is 13.4 Å². The number of rotatable bonds is 4. The van der Waals surface area contributed by atoms with Gasteiger partial charge in [-0.2, -0.15) is 4.72 Å². The molecule has 3 N–H and O–H groups in total. The largest absolute Gasteiger partial charge is 0.399 e. The molecule has 20 heavy (non-hydrogen) atoms. The van der Waals surface area contributed by atoms with Gasteiger partial charge in [-0.1, -0.05) is 0 Å². The lowest BCUT2D eigenvalue weighted by Gasteiger charge is -2.23. The highest BCUT2D eigenvalue weighted by Crippen LogP contribution is 2.25. The third kappa shape index (κ3) is 3.17. The normalized spacial score (nSPS) is 12.6. The number of nitrogens with zero attached hydrogens (tertiary/aromatic N) is 1. The van der Waals surface area contributed by atoms with Gasteiger partial charge in [-0.3, -0.25) is 0 Å². The SMILES string of the molecule is Cc1cc(N)cc(S(=O)(=O)NC(C)(C)c2nccs2)c1. The standard InChI is InChI=1S/C13H17N3O2S2/c1-9-6-10(14)8-11(7-9)20(17,18)16-13(2,3)12-15-4-5-19-12/h4-8,16H,14H2,1-3H3. The third-order valence-electron chi connectivity index (χ3n) is 2.74. The molecule has 0 bridgehead atoms. The van der Waals surface area contributed by atoms with Crippen molar-refractivity contribution in [2.24, 2.45) is 0 Å². The molecule has 0 spiro atoms. The predicted molar refractivity (Wildman–Crippen MR) is 81.1 cm³/mol. The number of hydrogen-bond donors (Lipinski definition) is 2. The van der Waals surface area contributed by atoms with Crippen molar-refractivity contribution in [3.8, 4) is 0 Å². The number of hydrogen-bond acceptors (Lipinski definition) is 5. The van der Waals surface area contributed by atoms with Crippen LogP contribution in [0.3, 0.4) is 0 Å². The molecule has 1 aromatic heterocycles. The number of aromatic nitrogens is 1. The van der Waals surface area contributed by atoms with Crippen LogP contribution < -0.4 is 10.5 Å². The maximum atomic E-state index is 12.5. The van der Waals surface area contributed by atoms with E-state index in [2.05, 4.69) is 9.71 Å². The van der Waals surface area contributed by atoms with Gasteiger partial charge in [-0.05, 0) is 44.5 Å². The van der Waals surface area contributed by atoms with Gasteiger partial charge in [0.15, 0.2) is 0 Å². The molecule has 0 saturated carbocycles. The Balaban J connectivity index is 2.36. The topological polar surface area (TPSA) is 85.1 Å². The fraction of sp³-hybridized carbons (Fsp3) is 0.308. The molecule has 5 nitrogen and oxygen atoms in total. The summed E-state index contributed by atoms with van der Waals surface area (Å²) in [6, 6.07) is 4.77. The number of nitrogen functional groups attached to an aromatic ring is 1. The van der Waals surface area contributed by atoms with E-state index in [0.717, 1.165) is 5.56 Å². The monoisotopic (exact) mass is 311 g/mol. The minimum absolute atomic E-state index is 0.166. The molecule has 1 heterocycles. The van der Waals surface area contributed by atoms with Crippen molar-refractivity contribution in [2.45, 2.75) is 31.2 Å². The Morgan fingerprint density at radius 3 is 2.55 bits per heavy atom. The van der Waals surface area contributed by atoms with Crippen LogP contribution >= 0.6 is 11.3 Å². The zero-order valence-corrected chi connectivity index (χ0v) is 13.2.